The van der Waals surface area contributed by atoms with Gasteiger partial charge in [0.2, 0.25) is 0 Å². The summed E-state index contributed by atoms with van der Waals surface area (Å²) in [6, 6.07) is 3.56. The van der Waals surface area contributed by atoms with Crippen molar-refractivity contribution in [3.8, 4) is 0 Å². The monoisotopic (exact) mass is 456 g/mol. The molecule has 7 atom stereocenters. The van der Waals surface area contributed by atoms with Crippen molar-refractivity contribution in [1.29, 1.82) is 0 Å². The number of carbonyl (C=O) groups excluding carboxylic acids is 2. The Kier molecular flexibility index (Phi) is 4.97. The summed E-state index contributed by atoms with van der Waals surface area (Å²) in [5.74, 6) is -0.150. The Bertz CT molecular complexity index is 980. The van der Waals surface area contributed by atoms with Crippen LogP contribution in [0.25, 0.3) is 0 Å². The number of hydrogen-bond acceptors (Lipinski definition) is 5. The summed E-state index contributed by atoms with van der Waals surface area (Å²) < 4.78 is 5.65. The minimum Gasteiger partial charge on any atom is -0.481 e. The average Bonchev–Trinajstić information content (AvgIpc) is 3.50. The lowest BCUT2D eigenvalue weighted by Gasteiger charge is -2.58. The van der Waals surface area contributed by atoms with Crippen LogP contribution in [0.1, 0.15) is 62.5 Å². The Morgan fingerprint density at radius 2 is 2.09 bits per heavy atom. The van der Waals surface area contributed by atoms with Crippen molar-refractivity contribution in [2.24, 2.45) is 45.8 Å². The Morgan fingerprint density at radius 3 is 2.72 bits per heavy atom. The summed E-state index contributed by atoms with van der Waals surface area (Å²) >= 11 is 1.34. The van der Waals surface area contributed by atoms with E-state index in [1.165, 1.54) is 11.3 Å². The molecule has 1 heterocycles. The normalized spacial score (nSPS) is 41.4. The number of thiophene rings is 1. The quantitative estimate of drug-likeness (QED) is 0.346. The molecular weight excluding hydrogens is 424 g/mol. The molecule has 6 heteroatoms. The van der Waals surface area contributed by atoms with Crippen LogP contribution in [-0.2, 0) is 14.3 Å². The van der Waals surface area contributed by atoms with Crippen LogP contribution in [0.3, 0.4) is 0 Å². The molecule has 1 aromatic heterocycles. The van der Waals surface area contributed by atoms with Crippen LogP contribution >= 0.6 is 11.3 Å². The lowest BCUT2D eigenvalue weighted by Crippen LogP contribution is -2.62. The molecule has 0 aliphatic heterocycles. The van der Waals surface area contributed by atoms with Crippen LogP contribution in [0.15, 0.2) is 29.2 Å². The van der Waals surface area contributed by atoms with Crippen LogP contribution in [0, 0.1) is 45.8 Å². The fraction of sp³-hybridized carbons (Fsp3) is 0.654. The first-order chi connectivity index (χ1) is 15.2. The molecule has 4 aliphatic carbocycles. The Labute approximate surface area is 193 Å². The largest absolute Gasteiger partial charge is 0.481 e. The summed E-state index contributed by atoms with van der Waals surface area (Å²) in [6.07, 6.45) is 7.11. The fourth-order valence-corrected chi connectivity index (χ4v) is 9.24. The number of rotatable bonds is 7. The summed E-state index contributed by atoms with van der Waals surface area (Å²) in [5.41, 5.74) is -1.70. The molecule has 172 valence electrons. The van der Waals surface area contributed by atoms with E-state index in [4.69, 9.17) is 4.74 Å². The zero-order valence-corrected chi connectivity index (χ0v) is 19.8. The zero-order valence-electron chi connectivity index (χ0n) is 19.0. The van der Waals surface area contributed by atoms with Crippen molar-refractivity contribution in [3.05, 3.63) is 34.0 Å². The smallest absolute Gasteiger partial charge is 0.348 e. The van der Waals surface area contributed by atoms with Crippen molar-refractivity contribution in [3.63, 3.8) is 0 Å². The average molecular weight is 457 g/mol. The van der Waals surface area contributed by atoms with E-state index in [1.807, 2.05) is 25.3 Å². The number of carboxylic acid groups (broad SMARTS) is 1. The van der Waals surface area contributed by atoms with Gasteiger partial charge in [0.15, 0.2) is 0 Å². The van der Waals surface area contributed by atoms with E-state index in [9.17, 15) is 19.5 Å². The lowest BCUT2D eigenvalue weighted by molar-refractivity contribution is -0.181. The van der Waals surface area contributed by atoms with E-state index in [-0.39, 0.29) is 30.3 Å². The predicted octanol–water partition coefficient (Wildman–Crippen LogP) is 5.22. The van der Waals surface area contributed by atoms with Gasteiger partial charge in [0, 0.05) is 5.41 Å². The van der Waals surface area contributed by atoms with Crippen LogP contribution < -0.4 is 0 Å². The van der Waals surface area contributed by atoms with Gasteiger partial charge in [-0.1, -0.05) is 44.9 Å². The number of carboxylic acids is 1. The predicted molar refractivity (Wildman–Crippen MR) is 121 cm³/mol. The van der Waals surface area contributed by atoms with Crippen LogP contribution in [0.4, 0.5) is 0 Å². The van der Waals surface area contributed by atoms with Crippen molar-refractivity contribution >= 4 is 29.6 Å². The standard InChI is InChI=1S/C26H32O5S/c1-15(2)20-11-17-12-25(14-27)19-7-6-16(3)18(19)13-24(17,26(20,25)23(29)30)8-9-31-22(28)21-5-4-10-32-21/h4-5,10-11,14-19H,6-9,12-13H2,1-3H3,(H,29,30)/t16-,17?,18?,19?,24?,25?,26?/m1/s1. The Hall–Kier alpha value is -1.95. The molecule has 0 radical (unpaired) electrons. The Balaban J connectivity index is 1.57. The summed E-state index contributed by atoms with van der Waals surface area (Å²) in [5, 5.41) is 12.8. The van der Waals surface area contributed by atoms with Gasteiger partial charge >= 0.3 is 11.9 Å². The molecule has 32 heavy (non-hydrogen) atoms. The molecule has 4 bridgehead atoms. The molecule has 0 saturated heterocycles. The number of aliphatic carboxylic acids is 1. The third-order valence-electron chi connectivity index (χ3n) is 9.63. The van der Waals surface area contributed by atoms with Gasteiger partial charge in [-0.3, -0.25) is 4.79 Å². The number of carbonyl (C=O) groups is 3. The second kappa shape index (κ2) is 7.28. The SMILES string of the molecule is CC(C)C1=CC2CC3(C=O)C4CC[C@@H](C)C4CC2(CCOC(=O)c2cccs2)C13C(=O)O. The molecule has 0 spiro atoms. The molecule has 3 saturated carbocycles. The second-order valence-corrected chi connectivity index (χ2v) is 11.8. The van der Waals surface area contributed by atoms with Gasteiger partial charge in [-0.15, -0.1) is 11.3 Å². The highest BCUT2D eigenvalue weighted by atomic mass is 32.1. The van der Waals surface area contributed by atoms with Crippen LogP contribution in [-0.4, -0.2) is 29.9 Å². The first-order valence-corrected chi connectivity index (χ1v) is 12.8. The second-order valence-electron chi connectivity index (χ2n) is 10.8. The third-order valence-corrected chi connectivity index (χ3v) is 10.5. The number of ether oxygens (including phenoxy) is 1. The number of fused-ring (bicyclic) bond motifs is 2. The van der Waals surface area contributed by atoms with Crippen molar-refractivity contribution in [2.45, 2.75) is 52.9 Å². The van der Waals surface area contributed by atoms with Crippen molar-refractivity contribution < 1.29 is 24.2 Å². The lowest BCUT2D eigenvalue weighted by atomic mass is 9.42. The topological polar surface area (TPSA) is 80.7 Å². The molecule has 6 unspecified atom stereocenters. The Morgan fingerprint density at radius 1 is 1.31 bits per heavy atom. The number of esters is 1. The molecule has 0 aromatic carbocycles. The fourth-order valence-electron chi connectivity index (χ4n) is 8.63. The molecule has 3 fully saturated rings. The molecule has 1 aromatic rings. The molecule has 1 N–H and O–H groups in total. The van der Waals surface area contributed by atoms with Crippen molar-refractivity contribution in [1.82, 2.24) is 0 Å². The highest BCUT2D eigenvalue weighted by molar-refractivity contribution is 7.11. The van der Waals surface area contributed by atoms with Gasteiger partial charge in [-0.05, 0) is 66.7 Å². The minimum absolute atomic E-state index is 0.0411. The first-order valence-electron chi connectivity index (χ1n) is 11.9. The molecular formula is C26H32O5S. The van der Waals surface area contributed by atoms with Crippen LogP contribution in [0.2, 0.25) is 0 Å². The highest BCUT2D eigenvalue weighted by Crippen LogP contribution is 2.83. The number of hydrogen-bond donors (Lipinski definition) is 1. The van der Waals surface area contributed by atoms with Crippen LogP contribution in [0.5, 0.6) is 0 Å². The maximum Gasteiger partial charge on any atom is 0.348 e. The summed E-state index contributed by atoms with van der Waals surface area (Å²) in [7, 11) is 0. The highest BCUT2D eigenvalue weighted by Gasteiger charge is 2.83. The first kappa shape index (κ1) is 21.9. The molecule has 4 aliphatic rings. The van der Waals surface area contributed by atoms with E-state index in [0.29, 0.717) is 29.6 Å². The summed E-state index contributed by atoms with van der Waals surface area (Å²) in [4.78, 5) is 39.3. The van der Waals surface area contributed by atoms with Crippen molar-refractivity contribution in [2.75, 3.05) is 6.61 Å². The summed E-state index contributed by atoms with van der Waals surface area (Å²) in [6.45, 7) is 6.53. The van der Waals surface area contributed by atoms with E-state index in [0.717, 1.165) is 31.1 Å². The number of aldehydes is 1. The molecule has 5 nitrogen and oxygen atoms in total. The molecule has 0 amide bonds. The van der Waals surface area contributed by atoms with Gasteiger partial charge in [-0.25, -0.2) is 4.79 Å². The third kappa shape index (κ3) is 2.42. The zero-order chi connectivity index (χ0) is 22.9. The van der Waals surface area contributed by atoms with E-state index >= 15 is 0 Å². The maximum atomic E-state index is 13.3. The van der Waals surface area contributed by atoms with Gasteiger partial charge in [0.05, 0.1) is 12.0 Å². The molecule has 5 rings (SSSR count). The maximum absolute atomic E-state index is 13.3. The minimum atomic E-state index is -1.19. The van der Waals surface area contributed by atoms with E-state index < -0.39 is 22.2 Å². The van der Waals surface area contributed by atoms with Gasteiger partial charge < -0.3 is 14.6 Å². The van der Waals surface area contributed by atoms with E-state index in [2.05, 4.69) is 13.0 Å². The van der Waals surface area contributed by atoms with Gasteiger partial charge in [0.1, 0.15) is 16.6 Å². The van der Waals surface area contributed by atoms with Gasteiger partial charge in [-0.2, -0.15) is 0 Å². The van der Waals surface area contributed by atoms with E-state index in [1.54, 1.807) is 6.07 Å². The number of allylic oxidation sites excluding steroid dienone is 1. The van der Waals surface area contributed by atoms with Gasteiger partial charge in [0.25, 0.3) is 0 Å².